The quantitative estimate of drug-likeness (QED) is 0.277. The molecule has 45 heavy (non-hydrogen) atoms. The van der Waals surface area contributed by atoms with Crippen molar-refractivity contribution in [3.63, 3.8) is 0 Å². The lowest BCUT2D eigenvalue weighted by molar-refractivity contribution is -0.137. The van der Waals surface area contributed by atoms with Crippen LogP contribution in [-0.4, -0.2) is 50.7 Å². The van der Waals surface area contributed by atoms with Gasteiger partial charge in [-0.3, -0.25) is 19.2 Å². The SMILES string of the molecule is NS(=O)(=O)c1ccc(C(=O)N[C@H]2CCCC[C@H]2NC(=O)CNC(=O)c2cc(C(F)(F)F)ccc2NC(=O)C2CCCCC2)cc1. The monoisotopic (exact) mass is 651 g/mol. The summed E-state index contributed by atoms with van der Waals surface area (Å²) < 4.78 is 63.3. The molecule has 2 fully saturated rings. The number of sulfonamides is 1. The highest BCUT2D eigenvalue weighted by atomic mass is 32.2. The third-order valence-electron chi connectivity index (χ3n) is 8.11. The minimum Gasteiger partial charge on any atom is -0.350 e. The fourth-order valence-corrected chi connectivity index (χ4v) is 6.17. The molecule has 0 radical (unpaired) electrons. The molecule has 0 aromatic heterocycles. The van der Waals surface area contributed by atoms with Crippen LogP contribution in [0.2, 0.25) is 0 Å². The van der Waals surface area contributed by atoms with E-state index >= 15 is 0 Å². The summed E-state index contributed by atoms with van der Waals surface area (Å²) in [5.41, 5.74) is -1.38. The number of carbonyl (C=O) groups excluding carboxylic acids is 4. The van der Waals surface area contributed by atoms with Gasteiger partial charge in [-0.15, -0.1) is 0 Å². The molecule has 0 bridgehead atoms. The van der Waals surface area contributed by atoms with Crippen molar-refractivity contribution in [2.75, 3.05) is 11.9 Å². The zero-order valence-electron chi connectivity index (χ0n) is 24.4. The molecule has 2 aliphatic carbocycles. The van der Waals surface area contributed by atoms with E-state index in [-0.39, 0.29) is 28.0 Å². The van der Waals surface area contributed by atoms with Gasteiger partial charge in [0.25, 0.3) is 11.8 Å². The second-order valence-electron chi connectivity index (χ2n) is 11.4. The summed E-state index contributed by atoms with van der Waals surface area (Å²) >= 11 is 0. The predicted molar refractivity (Wildman–Crippen MR) is 158 cm³/mol. The Kier molecular flexibility index (Phi) is 10.9. The number of hydrogen-bond acceptors (Lipinski definition) is 6. The van der Waals surface area contributed by atoms with Crippen LogP contribution in [0.25, 0.3) is 0 Å². The molecule has 0 spiro atoms. The smallest absolute Gasteiger partial charge is 0.350 e. The van der Waals surface area contributed by atoms with E-state index in [0.717, 1.165) is 44.2 Å². The van der Waals surface area contributed by atoms with E-state index < -0.39 is 63.7 Å². The number of anilines is 1. The Morgan fingerprint density at radius 1 is 0.800 bits per heavy atom. The van der Waals surface area contributed by atoms with Crippen molar-refractivity contribution in [2.45, 2.75) is 80.9 Å². The van der Waals surface area contributed by atoms with E-state index in [1.165, 1.54) is 24.3 Å². The van der Waals surface area contributed by atoms with E-state index in [0.29, 0.717) is 31.7 Å². The molecule has 244 valence electrons. The summed E-state index contributed by atoms with van der Waals surface area (Å²) in [7, 11) is -3.92. The molecule has 2 aliphatic rings. The highest BCUT2D eigenvalue weighted by Gasteiger charge is 2.33. The third kappa shape index (κ3) is 9.26. The molecule has 4 rings (SSSR count). The van der Waals surface area contributed by atoms with Crippen molar-refractivity contribution in [1.82, 2.24) is 16.0 Å². The van der Waals surface area contributed by atoms with Gasteiger partial charge < -0.3 is 21.3 Å². The second-order valence-corrected chi connectivity index (χ2v) is 12.9. The van der Waals surface area contributed by atoms with Gasteiger partial charge in [-0.2, -0.15) is 13.2 Å². The number of nitrogens with one attached hydrogen (secondary N) is 4. The van der Waals surface area contributed by atoms with Crippen molar-refractivity contribution in [3.05, 3.63) is 59.2 Å². The predicted octanol–water partition coefficient (Wildman–Crippen LogP) is 3.46. The number of rotatable bonds is 9. The van der Waals surface area contributed by atoms with Gasteiger partial charge in [-0.25, -0.2) is 13.6 Å². The lowest BCUT2D eigenvalue weighted by Gasteiger charge is -2.33. The van der Waals surface area contributed by atoms with Crippen LogP contribution in [0.3, 0.4) is 0 Å². The fraction of sp³-hybridized carbons (Fsp3) is 0.467. The maximum absolute atomic E-state index is 13.4. The van der Waals surface area contributed by atoms with Crippen LogP contribution in [-0.2, 0) is 25.8 Å². The number of alkyl halides is 3. The molecule has 2 aromatic rings. The first-order valence-corrected chi connectivity index (χ1v) is 16.3. The van der Waals surface area contributed by atoms with Crippen molar-refractivity contribution in [2.24, 2.45) is 11.1 Å². The Hall–Kier alpha value is -3.98. The average Bonchev–Trinajstić information content (AvgIpc) is 3.00. The van der Waals surface area contributed by atoms with Crippen molar-refractivity contribution < 1.29 is 40.8 Å². The van der Waals surface area contributed by atoms with Crippen LogP contribution in [0.15, 0.2) is 47.4 Å². The average molecular weight is 652 g/mol. The van der Waals surface area contributed by atoms with Gasteiger partial charge in [-0.05, 0) is 68.1 Å². The van der Waals surface area contributed by atoms with Crippen LogP contribution in [0, 0.1) is 5.92 Å². The number of hydrogen-bond donors (Lipinski definition) is 5. The minimum absolute atomic E-state index is 0.0800. The van der Waals surface area contributed by atoms with Crippen LogP contribution >= 0.6 is 0 Å². The topological polar surface area (TPSA) is 177 Å². The van der Waals surface area contributed by atoms with Gasteiger partial charge in [0.15, 0.2) is 0 Å². The van der Waals surface area contributed by atoms with Gasteiger partial charge >= 0.3 is 6.18 Å². The number of benzene rings is 2. The Bertz CT molecular complexity index is 1530. The molecule has 2 atom stereocenters. The molecule has 11 nitrogen and oxygen atoms in total. The summed E-state index contributed by atoms with van der Waals surface area (Å²) in [5.74, 6) is -2.73. The van der Waals surface area contributed by atoms with Crippen molar-refractivity contribution in [1.29, 1.82) is 0 Å². The maximum atomic E-state index is 13.4. The first kappa shape index (κ1) is 33.9. The molecule has 4 amide bonds. The molecule has 0 heterocycles. The Morgan fingerprint density at radius 2 is 1.40 bits per heavy atom. The lowest BCUT2D eigenvalue weighted by atomic mass is 9.88. The summed E-state index contributed by atoms with van der Waals surface area (Å²) in [6, 6.07) is 6.58. The van der Waals surface area contributed by atoms with E-state index in [4.69, 9.17) is 5.14 Å². The molecular weight excluding hydrogens is 615 g/mol. The highest BCUT2D eigenvalue weighted by molar-refractivity contribution is 7.89. The Morgan fingerprint density at radius 3 is 2.00 bits per heavy atom. The van der Waals surface area contributed by atoms with Gasteiger partial charge in [0.2, 0.25) is 21.8 Å². The number of nitrogens with two attached hydrogens (primary N) is 1. The Labute approximate surface area is 258 Å². The molecule has 2 aromatic carbocycles. The summed E-state index contributed by atoms with van der Waals surface area (Å²) in [6.07, 6.45) is 1.94. The van der Waals surface area contributed by atoms with Gasteiger partial charge in [-0.1, -0.05) is 32.1 Å². The molecular formula is C30H36F3N5O6S. The van der Waals surface area contributed by atoms with E-state index in [9.17, 15) is 40.8 Å². The van der Waals surface area contributed by atoms with Gasteiger partial charge in [0.05, 0.1) is 28.3 Å². The van der Waals surface area contributed by atoms with Gasteiger partial charge in [0.1, 0.15) is 0 Å². The normalized spacial score (nSPS) is 19.3. The van der Waals surface area contributed by atoms with Crippen LogP contribution < -0.4 is 26.4 Å². The molecule has 0 saturated heterocycles. The zero-order valence-corrected chi connectivity index (χ0v) is 25.2. The summed E-state index contributed by atoms with van der Waals surface area (Å²) in [4.78, 5) is 51.3. The third-order valence-corrected chi connectivity index (χ3v) is 9.04. The summed E-state index contributed by atoms with van der Waals surface area (Å²) in [6.45, 7) is -0.558. The minimum atomic E-state index is -4.73. The van der Waals surface area contributed by atoms with E-state index in [2.05, 4.69) is 21.3 Å². The highest BCUT2D eigenvalue weighted by Crippen LogP contribution is 2.33. The van der Waals surface area contributed by atoms with Crippen LogP contribution in [0.1, 0.15) is 84.1 Å². The Balaban J connectivity index is 1.38. The first-order chi connectivity index (χ1) is 21.2. The first-order valence-electron chi connectivity index (χ1n) is 14.8. The van der Waals surface area contributed by atoms with Crippen molar-refractivity contribution >= 4 is 39.3 Å². The number of halogens is 3. The fourth-order valence-electron chi connectivity index (χ4n) is 5.65. The molecule has 2 saturated carbocycles. The molecule has 0 aliphatic heterocycles. The molecule has 15 heteroatoms. The van der Waals surface area contributed by atoms with Crippen LogP contribution in [0.4, 0.5) is 18.9 Å². The number of amides is 4. The largest absolute Gasteiger partial charge is 0.416 e. The zero-order chi connectivity index (χ0) is 32.8. The standard InChI is InChI=1S/C30H36F3N5O6S/c31-30(32,33)20-12-15-23(37-27(40)18-6-2-1-3-7-18)22(16-20)29(42)35-17-26(39)36-24-8-4-5-9-25(24)38-28(41)19-10-13-21(14-11-19)45(34,43)44/h10-16,18,24-25H,1-9,17H2,(H,35,42)(H,36,39)(H,37,40)(H,38,41)(H2,34,43,44)/t24-,25+/m1/s1. The van der Waals surface area contributed by atoms with E-state index in [1.807, 2.05) is 0 Å². The molecule has 0 unspecified atom stereocenters. The van der Waals surface area contributed by atoms with Gasteiger partial charge in [0, 0.05) is 23.6 Å². The second kappa shape index (κ2) is 14.4. The van der Waals surface area contributed by atoms with Crippen molar-refractivity contribution in [3.8, 4) is 0 Å². The van der Waals surface area contributed by atoms with E-state index in [1.54, 1.807) is 0 Å². The summed E-state index contributed by atoms with van der Waals surface area (Å²) in [5, 5.41) is 15.7. The van der Waals surface area contributed by atoms with Crippen LogP contribution in [0.5, 0.6) is 0 Å². The number of carbonyl (C=O) groups is 4. The lowest BCUT2D eigenvalue weighted by Crippen LogP contribution is -2.54. The maximum Gasteiger partial charge on any atom is 0.416 e. The molecule has 6 N–H and O–H groups in total. The number of primary sulfonamides is 1.